The molecule has 4 rings (SSSR count). The highest BCUT2D eigenvalue weighted by atomic mass is 79.9. The van der Waals surface area contributed by atoms with Gasteiger partial charge in [-0.1, -0.05) is 28.1 Å². The molecule has 0 unspecified atom stereocenters. The Labute approximate surface area is 190 Å². The van der Waals surface area contributed by atoms with Crippen molar-refractivity contribution < 1.29 is 13.2 Å². The van der Waals surface area contributed by atoms with Gasteiger partial charge in [-0.3, -0.25) is 4.79 Å². The number of azo groups is 1. The Hall–Kier alpha value is -2.80. The zero-order valence-corrected chi connectivity index (χ0v) is 19.2. The molecule has 1 aliphatic rings. The quantitative estimate of drug-likeness (QED) is 0.509. The van der Waals surface area contributed by atoms with Gasteiger partial charge in [-0.05, 0) is 43.3 Å². The first-order valence-corrected chi connectivity index (χ1v) is 12.1. The highest BCUT2D eigenvalue weighted by Crippen LogP contribution is 2.31. The molecule has 3 aromatic rings. The Morgan fingerprint density at radius 3 is 2.45 bits per heavy atom. The molecule has 2 heterocycles. The van der Waals surface area contributed by atoms with Gasteiger partial charge in [0.25, 0.3) is 5.91 Å². The number of primary sulfonamides is 1. The number of hydrazone groups is 1. The molecule has 9 nitrogen and oxygen atoms in total. The second kappa shape index (κ2) is 8.38. The zero-order valence-electron chi connectivity index (χ0n) is 16.0. The van der Waals surface area contributed by atoms with E-state index in [4.69, 9.17) is 5.14 Å². The van der Waals surface area contributed by atoms with Crippen LogP contribution in [0.5, 0.6) is 0 Å². The third-order valence-electron chi connectivity index (χ3n) is 4.36. The van der Waals surface area contributed by atoms with Crippen LogP contribution in [0.2, 0.25) is 0 Å². The number of sulfonamides is 1. The molecule has 0 aliphatic carbocycles. The summed E-state index contributed by atoms with van der Waals surface area (Å²) in [5.74, 6) is -0.362. The predicted molar refractivity (Wildman–Crippen MR) is 122 cm³/mol. The van der Waals surface area contributed by atoms with Crippen LogP contribution in [0.4, 0.5) is 10.8 Å². The van der Waals surface area contributed by atoms with Gasteiger partial charge in [0, 0.05) is 15.4 Å². The number of halogens is 1. The maximum Gasteiger partial charge on any atom is 0.282 e. The summed E-state index contributed by atoms with van der Waals surface area (Å²) >= 11 is 4.71. The summed E-state index contributed by atoms with van der Waals surface area (Å²) in [5, 5.41) is 21.0. The van der Waals surface area contributed by atoms with Gasteiger partial charge in [-0.2, -0.15) is 20.3 Å². The molecular formula is C19H15BrN6O3S2. The molecule has 0 saturated heterocycles. The number of aromatic nitrogens is 1. The summed E-state index contributed by atoms with van der Waals surface area (Å²) in [6.45, 7) is 1.69. The lowest BCUT2D eigenvalue weighted by atomic mass is 10.2. The number of anilines is 1. The fourth-order valence-corrected chi connectivity index (χ4v) is 4.34. The second-order valence-corrected chi connectivity index (χ2v) is 9.88. The van der Waals surface area contributed by atoms with Crippen molar-refractivity contribution in [2.45, 2.75) is 17.9 Å². The molecule has 1 amide bonds. The standard InChI is InChI=1S/C19H15BrN6O3S2/c1-11-17(24-23-14-6-8-15(9-7-14)31(21,28)29)18(27)26(25-11)19-22-16(10-30-19)12-2-4-13(20)5-3-12/h2-10,17H,1H3,(H2,21,28,29)/t17-/m1/s1. The van der Waals surface area contributed by atoms with E-state index in [0.717, 1.165) is 15.7 Å². The molecule has 1 aromatic heterocycles. The van der Waals surface area contributed by atoms with E-state index in [0.29, 0.717) is 16.5 Å². The number of thiazole rings is 1. The summed E-state index contributed by atoms with van der Waals surface area (Å²) in [6, 6.07) is 12.4. The van der Waals surface area contributed by atoms with Crippen molar-refractivity contribution in [3.8, 4) is 11.3 Å². The van der Waals surface area contributed by atoms with Gasteiger partial charge in [0.15, 0.2) is 6.04 Å². The first kappa shape index (κ1) is 21.4. The van der Waals surface area contributed by atoms with Gasteiger partial charge >= 0.3 is 0 Å². The van der Waals surface area contributed by atoms with E-state index < -0.39 is 16.1 Å². The minimum Gasteiger partial charge on any atom is -0.269 e. The fourth-order valence-electron chi connectivity index (χ4n) is 2.77. The molecule has 31 heavy (non-hydrogen) atoms. The number of carbonyl (C=O) groups excluding carboxylic acids is 1. The number of benzene rings is 2. The minimum atomic E-state index is -3.79. The average molecular weight is 519 g/mol. The maximum absolute atomic E-state index is 12.8. The van der Waals surface area contributed by atoms with Crippen LogP contribution in [0.25, 0.3) is 11.3 Å². The smallest absolute Gasteiger partial charge is 0.269 e. The Balaban J connectivity index is 1.51. The van der Waals surface area contributed by atoms with Crippen molar-refractivity contribution in [1.82, 2.24) is 4.98 Å². The maximum atomic E-state index is 12.8. The van der Waals surface area contributed by atoms with Crippen LogP contribution >= 0.6 is 27.3 Å². The van der Waals surface area contributed by atoms with E-state index >= 15 is 0 Å². The van der Waals surface area contributed by atoms with Gasteiger partial charge in [0.1, 0.15) is 0 Å². The molecular weight excluding hydrogens is 504 g/mol. The van der Waals surface area contributed by atoms with Crippen molar-refractivity contribution in [1.29, 1.82) is 0 Å². The Kier molecular flexibility index (Phi) is 5.79. The van der Waals surface area contributed by atoms with E-state index in [9.17, 15) is 13.2 Å². The predicted octanol–water partition coefficient (Wildman–Crippen LogP) is 4.10. The lowest BCUT2D eigenvalue weighted by molar-refractivity contribution is -0.117. The molecule has 1 aliphatic heterocycles. The van der Waals surface area contributed by atoms with Crippen LogP contribution < -0.4 is 10.1 Å². The Bertz CT molecular complexity index is 1300. The van der Waals surface area contributed by atoms with Gasteiger partial charge in [-0.25, -0.2) is 18.5 Å². The number of hydrogen-bond acceptors (Lipinski definition) is 8. The molecule has 158 valence electrons. The summed E-state index contributed by atoms with van der Waals surface area (Å²) < 4.78 is 23.6. The van der Waals surface area contributed by atoms with Crippen LogP contribution in [-0.4, -0.2) is 31.1 Å². The van der Waals surface area contributed by atoms with Crippen LogP contribution in [0.1, 0.15) is 6.92 Å². The lowest BCUT2D eigenvalue weighted by Gasteiger charge is -2.08. The number of nitrogens with zero attached hydrogens (tertiary/aromatic N) is 5. The molecule has 0 bridgehead atoms. The summed E-state index contributed by atoms with van der Waals surface area (Å²) in [7, 11) is -3.79. The highest BCUT2D eigenvalue weighted by Gasteiger charge is 2.36. The van der Waals surface area contributed by atoms with E-state index in [-0.39, 0.29) is 10.8 Å². The molecule has 12 heteroatoms. The summed E-state index contributed by atoms with van der Waals surface area (Å²) in [4.78, 5) is 17.3. The molecule has 1 atom stereocenters. The van der Waals surface area contributed by atoms with Crippen LogP contribution in [0.15, 0.2) is 78.6 Å². The van der Waals surface area contributed by atoms with Crippen LogP contribution in [0, 0.1) is 0 Å². The minimum absolute atomic E-state index is 0.0299. The lowest BCUT2D eigenvalue weighted by Crippen LogP contribution is -2.29. The van der Waals surface area contributed by atoms with E-state index in [2.05, 4.69) is 36.2 Å². The fraction of sp³-hybridized carbons (Fsp3) is 0.105. The largest absolute Gasteiger partial charge is 0.282 e. The first-order valence-electron chi connectivity index (χ1n) is 8.86. The van der Waals surface area contributed by atoms with Crippen molar-refractivity contribution in [2.75, 3.05) is 5.01 Å². The Morgan fingerprint density at radius 2 is 1.81 bits per heavy atom. The molecule has 2 N–H and O–H groups in total. The average Bonchev–Trinajstić information content (AvgIpc) is 3.32. The number of amides is 1. The Morgan fingerprint density at radius 1 is 1.13 bits per heavy atom. The third-order valence-corrected chi connectivity index (χ3v) is 6.64. The number of carbonyl (C=O) groups is 1. The number of nitrogens with two attached hydrogens (primary N) is 1. The van der Waals surface area contributed by atoms with Crippen molar-refractivity contribution >= 4 is 59.7 Å². The van der Waals surface area contributed by atoms with Gasteiger partial charge in [0.05, 0.1) is 22.0 Å². The molecule has 0 fully saturated rings. The molecule has 2 aromatic carbocycles. The van der Waals surface area contributed by atoms with Crippen molar-refractivity contribution in [3.63, 3.8) is 0 Å². The topological polar surface area (TPSA) is 130 Å². The van der Waals surface area contributed by atoms with E-state index in [1.165, 1.54) is 40.6 Å². The second-order valence-electron chi connectivity index (χ2n) is 6.57. The van der Waals surface area contributed by atoms with E-state index in [1.54, 1.807) is 6.92 Å². The summed E-state index contributed by atoms with van der Waals surface area (Å²) in [5.41, 5.74) is 2.54. The van der Waals surface area contributed by atoms with Gasteiger partial charge in [-0.15, -0.1) is 11.3 Å². The number of hydrogen-bond donors (Lipinski definition) is 1. The highest BCUT2D eigenvalue weighted by molar-refractivity contribution is 9.10. The normalized spacial score (nSPS) is 16.9. The van der Waals surface area contributed by atoms with Crippen LogP contribution in [-0.2, 0) is 14.8 Å². The third kappa shape index (κ3) is 4.61. The van der Waals surface area contributed by atoms with Gasteiger partial charge < -0.3 is 0 Å². The first-order chi connectivity index (χ1) is 14.7. The van der Waals surface area contributed by atoms with Crippen LogP contribution in [0.3, 0.4) is 0 Å². The molecule has 0 radical (unpaired) electrons. The monoisotopic (exact) mass is 518 g/mol. The van der Waals surface area contributed by atoms with E-state index in [1.807, 2.05) is 29.6 Å². The zero-order chi connectivity index (χ0) is 22.2. The molecule has 0 spiro atoms. The van der Waals surface area contributed by atoms with Crippen molar-refractivity contribution in [3.05, 3.63) is 58.4 Å². The molecule has 0 saturated carbocycles. The number of rotatable bonds is 5. The van der Waals surface area contributed by atoms with Gasteiger partial charge in [0.2, 0.25) is 15.2 Å². The SMILES string of the molecule is CC1=NN(c2nc(-c3ccc(Br)cc3)cs2)C(=O)[C@@H]1N=Nc1ccc(S(N)(=O)=O)cc1. The summed E-state index contributed by atoms with van der Waals surface area (Å²) in [6.07, 6.45) is 0. The van der Waals surface area contributed by atoms with Crippen molar-refractivity contribution in [2.24, 2.45) is 20.5 Å².